The van der Waals surface area contributed by atoms with Crippen molar-refractivity contribution in [3.05, 3.63) is 114 Å². The zero-order valence-electron chi connectivity index (χ0n) is 18.5. The SMILES string of the molecule is NC(=O)c1ccccc1.O=C1CCOc2cc(OCc3ccnc(-c4ccccc4)c3)ccc21. The van der Waals surface area contributed by atoms with Gasteiger partial charge < -0.3 is 15.2 Å². The first-order valence-corrected chi connectivity index (χ1v) is 10.9. The van der Waals surface area contributed by atoms with Crippen LogP contribution in [0.2, 0.25) is 0 Å². The van der Waals surface area contributed by atoms with Gasteiger partial charge in [0, 0.05) is 29.8 Å². The van der Waals surface area contributed by atoms with E-state index >= 15 is 0 Å². The lowest BCUT2D eigenvalue weighted by molar-refractivity contribution is 0.0932. The maximum absolute atomic E-state index is 11.8. The number of ether oxygens (including phenoxy) is 2. The number of carbonyl (C=O) groups excluding carboxylic acids is 2. The van der Waals surface area contributed by atoms with Gasteiger partial charge in [-0.05, 0) is 42.0 Å². The summed E-state index contributed by atoms with van der Waals surface area (Å²) in [6.07, 6.45) is 2.22. The Bertz CT molecular complexity index is 1270. The molecular weight excluding hydrogens is 428 g/mol. The van der Waals surface area contributed by atoms with Crippen LogP contribution in [0.25, 0.3) is 11.3 Å². The van der Waals surface area contributed by atoms with Gasteiger partial charge in [-0.25, -0.2) is 0 Å². The Morgan fingerprint density at radius 2 is 1.68 bits per heavy atom. The average molecular weight is 453 g/mol. The maximum atomic E-state index is 11.8. The van der Waals surface area contributed by atoms with Gasteiger partial charge >= 0.3 is 0 Å². The predicted molar refractivity (Wildman–Crippen MR) is 130 cm³/mol. The van der Waals surface area contributed by atoms with E-state index < -0.39 is 0 Å². The van der Waals surface area contributed by atoms with Gasteiger partial charge in [0.05, 0.1) is 17.9 Å². The van der Waals surface area contributed by atoms with E-state index in [4.69, 9.17) is 15.2 Å². The van der Waals surface area contributed by atoms with Gasteiger partial charge in [0.15, 0.2) is 5.78 Å². The summed E-state index contributed by atoms with van der Waals surface area (Å²) >= 11 is 0. The summed E-state index contributed by atoms with van der Waals surface area (Å²) in [5.41, 5.74) is 9.18. The van der Waals surface area contributed by atoms with Crippen LogP contribution in [0.5, 0.6) is 11.5 Å². The molecule has 0 atom stereocenters. The number of primary amides is 1. The number of ketones is 1. The minimum atomic E-state index is -0.379. The summed E-state index contributed by atoms with van der Waals surface area (Å²) in [4.78, 5) is 26.7. The van der Waals surface area contributed by atoms with Crippen LogP contribution in [-0.4, -0.2) is 23.3 Å². The van der Waals surface area contributed by atoms with Crippen LogP contribution in [0.15, 0.2) is 97.2 Å². The zero-order chi connectivity index (χ0) is 23.8. The number of fused-ring (bicyclic) bond motifs is 1. The van der Waals surface area contributed by atoms with E-state index in [0.717, 1.165) is 16.8 Å². The third-order valence-corrected chi connectivity index (χ3v) is 5.20. The molecule has 1 aliphatic rings. The van der Waals surface area contributed by atoms with Crippen molar-refractivity contribution in [3.63, 3.8) is 0 Å². The van der Waals surface area contributed by atoms with Gasteiger partial charge in [-0.2, -0.15) is 0 Å². The van der Waals surface area contributed by atoms with Gasteiger partial charge in [-0.15, -0.1) is 0 Å². The van der Waals surface area contributed by atoms with Gasteiger partial charge in [0.2, 0.25) is 5.91 Å². The molecule has 1 aromatic heterocycles. The fourth-order valence-corrected chi connectivity index (χ4v) is 3.43. The minimum Gasteiger partial charge on any atom is -0.492 e. The van der Waals surface area contributed by atoms with Crippen LogP contribution in [0, 0.1) is 0 Å². The normalized spacial score (nSPS) is 11.9. The lowest BCUT2D eigenvalue weighted by atomic mass is 10.1. The highest BCUT2D eigenvalue weighted by molar-refractivity contribution is 5.99. The van der Waals surface area contributed by atoms with Crippen molar-refractivity contribution >= 4 is 11.7 Å². The molecule has 0 saturated carbocycles. The third-order valence-electron chi connectivity index (χ3n) is 5.20. The molecule has 6 heteroatoms. The van der Waals surface area contributed by atoms with Crippen molar-refractivity contribution in [3.8, 4) is 22.8 Å². The van der Waals surface area contributed by atoms with Crippen molar-refractivity contribution in [1.29, 1.82) is 0 Å². The standard InChI is InChI=1S/C21H17NO3.C7H7NO/c23-20-9-11-24-21-13-17(6-7-18(20)21)25-14-15-8-10-22-19(12-15)16-4-2-1-3-5-16;8-7(9)6-4-2-1-3-5-6/h1-8,10,12-13H,9,11,14H2;1-5H,(H2,8,9). The van der Waals surface area contributed by atoms with Gasteiger partial charge in [-0.3, -0.25) is 14.6 Å². The monoisotopic (exact) mass is 452 g/mol. The molecule has 34 heavy (non-hydrogen) atoms. The second kappa shape index (κ2) is 10.9. The predicted octanol–water partition coefficient (Wildman–Crippen LogP) is 5.08. The Kier molecular flexibility index (Phi) is 7.30. The number of aromatic nitrogens is 1. The molecule has 0 unspecified atom stereocenters. The Balaban J connectivity index is 0.000000257. The molecule has 0 fully saturated rings. The molecule has 0 saturated heterocycles. The number of benzene rings is 3. The van der Waals surface area contributed by atoms with Gasteiger partial charge in [-0.1, -0.05) is 48.5 Å². The van der Waals surface area contributed by atoms with Crippen LogP contribution < -0.4 is 15.2 Å². The fraction of sp³-hybridized carbons (Fsp3) is 0.107. The molecule has 0 bridgehead atoms. The molecule has 3 aromatic carbocycles. The quantitative estimate of drug-likeness (QED) is 0.456. The minimum absolute atomic E-state index is 0.120. The van der Waals surface area contributed by atoms with Crippen LogP contribution in [-0.2, 0) is 6.61 Å². The Morgan fingerprint density at radius 1 is 0.941 bits per heavy atom. The molecule has 2 N–H and O–H groups in total. The van der Waals surface area contributed by atoms with E-state index in [2.05, 4.69) is 4.98 Å². The first-order valence-electron chi connectivity index (χ1n) is 10.9. The van der Waals surface area contributed by atoms with E-state index in [1.165, 1.54) is 0 Å². The fourth-order valence-electron chi connectivity index (χ4n) is 3.43. The van der Waals surface area contributed by atoms with Crippen molar-refractivity contribution in [2.45, 2.75) is 13.0 Å². The smallest absolute Gasteiger partial charge is 0.248 e. The number of Topliss-reactive ketones (excluding diaryl/α,β-unsaturated/α-hetero) is 1. The Labute approximate surface area is 198 Å². The largest absolute Gasteiger partial charge is 0.492 e. The summed E-state index contributed by atoms with van der Waals surface area (Å²) in [5, 5.41) is 0. The first kappa shape index (κ1) is 22.7. The molecule has 6 nitrogen and oxygen atoms in total. The summed E-state index contributed by atoms with van der Waals surface area (Å²) < 4.78 is 11.4. The summed E-state index contributed by atoms with van der Waals surface area (Å²) in [5.74, 6) is 1.03. The maximum Gasteiger partial charge on any atom is 0.248 e. The molecule has 1 aliphatic heterocycles. The molecule has 0 spiro atoms. The van der Waals surface area contributed by atoms with Crippen molar-refractivity contribution in [2.24, 2.45) is 5.73 Å². The number of carbonyl (C=O) groups is 2. The van der Waals surface area contributed by atoms with E-state index in [0.29, 0.717) is 42.3 Å². The number of nitrogens with two attached hydrogens (primary N) is 1. The molecule has 2 heterocycles. The highest BCUT2D eigenvalue weighted by Crippen LogP contribution is 2.29. The zero-order valence-corrected chi connectivity index (χ0v) is 18.5. The van der Waals surface area contributed by atoms with Crippen LogP contribution in [0.3, 0.4) is 0 Å². The van der Waals surface area contributed by atoms with Gasteiger partial charge in [0.25, 0.3) is 0 Å². The average Bonchev–Trinajstić information content (AvgIpc) is 2.89. The first-order chi connectivity index (χ1) is 16.6. The number of amides is 1. The summed E-state index contributed by atoms with van der Waals surface area (Å²) in [6.45, 7) is 0.856. The number of rotatable bonds is 5. The van der Waals surface area contributed by atoms with E-state index in [1.807, 2.05) is 54.6 Å². The molecular formula is C28H24N2O4. The second-order valence-corrected chi connectivity index (χ2v) is 7.61. The number of pyridine rings is 1. The molecule has 1 amide bonds. The molecule has 4 aromatic rings. The summed E-state index contributed by atoms with van der Waals surface area (Å²) in [6, 6.07) is 28.1. The van der Waals surface area contributed by atoms with Crippen molar-refractivity contribution in [1.82, 2.24) is 4.98 Å². The highest BCUT2D eigenvalue weighted by Gasteiger charge is 2.18. The van der Waals surface area contributed by atoms with Crippen molar-refractivity contribution in [2.75, 3.05) is 6.61 Å². The van der Waals surface area contributed by atoms with Crippen LogP contribution in [0.4, 0.5) is 0 Å². The van der Waals surface area contributed by atoms with E-state index in [9.17, 15) is 9.59 Å². The molecule has 0 aliphatic carbocycles. The number of hydrogen-bond donors (Lipinski definition) is 1. The van der Waals surface area contributed by atoms with Crippen LogP contribution >= 0.6 is 0 Å². The number of hydrogen-bond acceptors (Lipinski definition) is 5. The Hall–Kier alpha value is -4.45. The van der Waals surface area contributed by atoms with Crippen LogP contribution in [0.1, 0.15) is 32.7 Å². The third kappa shape index (κ3) is 5.86. The van der Waals surface area contributed by atoms with E-state index in [-0.39, 0.29) is 11.7 Å². The highest BCUT2D eigenvalue weighted by atomic mass is 16.5. The number of nitrogens with zero attached hydrogens (tertiary/aromatic N) is 1. The van der Waals surface area contributed by atoms with E-state index in [1.54, 1.807) is 42.6 Å². The Morgan fingerprint density at radius 3 is 2.38 bits per heavy atom. The lowest BCUT2D eigenvalue weighted by Crippen LogP contribution is -2.15. The molecule has 0 radical (unpaired) electrons. The summed E-state index contributed by atoms with van der Waals surface area (Å²) in [7, 11) is 0. The molecule has 5 rings (SSSR count). The molecule has 170 valence electrons. The van der Waals surface area contributed by atoms with Crippen molar-refractivity contribution < 1.29 is 19.1 Å². The topological polar surface area (TPSA) is 91.5 Å². The second-order valence-electron chi connectivity index (χ2n) is 7.61. The lowest BCUT2D eigenvalue weighted by Gasteiger charge is -2.17. The van der Waals surface area contributed by atoms with Gasteiger partial charge in [0.1, 0.15) is 18.1 Å².